The summed E-state index contributed by atoms with van der Waals surface area (Å²) in [6, 6.07) is 16.4. The van der Waals surface area contributed by atoms with E-state index in [4.69, 9.17) is 9.26 Å². The van der Waals surface area contributed by atoms with E-state index in [-0.39, 0.29) is 30.1 Å². The number of fused-ring (bicyclic) bond motifs is 1. The van der Waals surface area contributed by atoms with Gasteiger partial charge < -0.3 is 13.8 Å². The monoisotopic (exact) mass is 497 g/mol. The highest BCUT2D eigenvalue weighted by atomic mass is 19.1. The van der Waals surface area contributed by atoms with E-state index in [1.807, 2.05) is 32.0 Å². The minimum atomic E-state index is -0.433. The Morgan fingerprint density at radius 2 is 1.86 bits per heavy atom. The van der Waals surface area contributed by atoms with Crippen molar-refractivity contribution in [3.63, 3.8) is 0 Å². The maximum atomic E-state index is 13.7. The zero-order chi connectivity index (χ0) is 26.1. The molecule has 0 aliphatic carbocycles. The molecule has 7 nitrogen and oxygen atoms in total. The lowest BCUT2D eigenvalue weighted by molar-refractivity contribution is 0.0991. The summed E-state index contributed by atoms with van der Waals surface area (Å²) in [5.41, 5.74) is 3.73. The van der Waals surface area contributed by atoms with Crippen LogP contribution in [0.1, 0.15) is 33.1 Å². The first kappa shape index (κ1) is 24.1. The molecule has 0 unspecified atom stereocenters. The maximum Gasteiger partial charge on any atom is 0.262 e. The summed E-state index contributed by atoms with van der Waals surface area (Å²) in [7, 11) is 1.56. The third kappa shape index (κ3) is 4.65. The minimum absolute atomic E-state index is 0.0303. The molecule has 0 bridgehead atoms. The molecular weight excluding hydrogens is 473 g/mol. The molecule has 0 radical (unpaired) electrons. The minimum Gasteiger partial charge on any atom is -0.496 e. The van der Waals surface area contributed by atoms with E-state index in [2.05, 4.69) is 10.1 Å². The number of rotatable bonds is 7. The number of carbonyl (C=O) groups excluding carboxylic acids is 1. The van der Waals surface area contributed by atoms with Gasteiger partial charge in [0.25, 0.3) is 5.56 Å². The van der Waals surface area contributed by atoms with Gasteiger partial charge in [0.15, 0.2) is 5.78 Å². The number of Topliss-reactive ketones (excluding diaryl/α,β-unsaturated/α-hetero) is 1. The highest BCUT2D eigenvalue weighted by Crippen LogP contribution is 2.37. The predicted molar refractivity (Wildman–Crippen MR) is 138 cm³/mol. The molecule has 0 saturated carbocycles. The highest BCUT2D eigenvalue weighted by Gasteiger charge is 2.21. The van der Waals surface area contributed by atoms with Crippen LogP contribution in [-0.4, -0.2) is 27.6 Å². The smallest absolute Gasteiger partial charge is 0.262 e. The second-order valence-electron chi connectivity index (χ2n) is 8.81. The Hall–Kier alpha value is -4.59. The number of methoxy groups -OCH3 is 1. The number of hydrogen-bond acceptors (Lipinski definition) is 6. The molecule has 5 aromatic rings. The van der Waals surface area contributed by atoms with Gasteiger partial charge in [0.2, 0.25) is 0 Å². The summed E-state index contributed by atoms with van der Waals surface area (Å²) in [6.07, 6.45) is 1.62. The fraction of sp³-hybridized carbons (Fsp3) is 0.172. The van der Waals surface area contributed by atoms with E-state index in [9.17, 15) is 14.0 Å². The van der Waals surface area contributed by atoms with Gasteiger partial charge in [-0.1, -0.05) is 23.4 Å². The van der Waals surface area contributed by atoms with E-state index in [0.717, 1.165) is 11.1 Å². The molecule has 8 heteroatoms. The number of aromatic nitrogens is 3. The molecule has 0 aliphatic rings. The van der Waals surface area contributed by atoms with Crippen molar-refractivity contribution in [2.75, 3.05) is 7.11 Å². The van der Waals surface area contributed by atoms with Gasteiger partial charge in [-0.2, -0.15) is 0 Å². The Kier molecular flexibility index (Phi) is 6.40. The van der Waals surface area contributed by atoms with Crippen molar-refractivity contribution in [2.45, 2.75) is 26.8 Å². The Labute approximate surface area is 212 Å². The number of ether oxygens (including phenoxy) is 1. The van der Waals surface area contributed by atoms with Gasteiger partial charge in [0, 0.05) is 29.6 Å². The molecule has 0 aliphatic heterocycles. The van der Waals surface area contributed by atoms with Crippen LogP contribution < -0.4 is 10.3 Å². The second kappa shape index (κ2) is 9.81. The summed E-state index contributed by atoms with van der Waals surface area (Å²) in [5, 5.41) is 4.73. The van der Waals surface area contributed by atoms with Crippen molar-refractivity contribution in [1.82, 2.24) is 14.7 Å². The molecule has 186 valence electrons. The normalized spacial score (nSPS) is 11.1. The van der Waals surface area contributed by atoms with E-state index >= 15 is 0 Å². The zero-order valence-electron chi connectivity index (χ0n) is 20.6. The number of pyridine rings is 2. The molecule has 0 atom stereocenters. The predicted octanol–water partition coefficient (Wildman–Crippen LogP) is 5.29. The SMILES string of the molecule is COc1cc2c(cc1-c1c(C)noc1C)cc(C(=O)Cc1ccc(F)cc1)c(=O)n2Cc1ccccn1. The van der Waals surface area contributed by atoms with Crippen molar-refractivity contribution in [3.05, 3.63) is 111 Å². The van der Waals surface area contributed by atoms with Gasteiger partial charge in [-0.3, -0.25) is 14.6 Å². The number of benzene rings is 2. The Balaban J connectivity index is 1.72. The molecule has 0 saturated heterocycles. The van der Waals surface area contributed by atoms with Crippen molar-refractivity contribution in [3.8, 4) is 16.9 Å². The van der Waals surface area contributed by atoms with Crippen LogP contribution in [0.2, 0.25) is 0 Å². The van der Waals surface area contributed by atoms with E-state index in [1.165, 1.54) is 16.7 Å². The number of halogens is 1. The number of aryl methyl sites for hydroxylation is 2. The van der Waals surface area contributed by atoms with Gasteiger partial charge in [-0.15, -0.1) is 0 Å². The highest BCUT2D eigenvalue weighted by molar-refractivity contribution is 6.01. The van der Waals surface area contributed by atoms with Crippen molar-refractivity contribution < 1.29 is 18.4 Å². The van der Waals surface area contributed by atoms with Gasteiger partial charge in [0.1, 0.15) is 17.3 Å². The van der Waals surface area contributed by atoms with Crippen LogP contribution in [0.15, 0.2) is 76.2 Å². The Bertz CT molecular complexity index is 1650. The fourth-order valence-corrected chi connectivity index (χ4v) is 4.53. The van der Waals surface area contributed by atoms with Crippen LogP contribution in [0.3, 0.4) is 0 Å². The Morgan fingerprint density at radius 1 is 1.08 bits per heavy atom. The number of carbonyl (C=O) groups is 1. The van der Waals surface area contributed by atoms with Gasteiger partial charge in [0.05, 0.1) is 41.7 Å². The van der Waals surface area contributed by atoms with Crippen LogP contribution in [0.25, 0.3) is 22.0 Å². The fourth-order valence-electron chi connectivity index (χ4n) is 4.53. The number of nitrogens with zero attached hydrogens (tertiary/aromatic N) is 3. The molecule has 0 spiro atoms. The van der Waals surface area contributed by atoms with Crippen LogP contribution >= 0.6 is 0 Å². The van der Waals surface area contributed by atoms with Gasteiger partial charge >= 0.3 is 0 Å². The largest absolute Gasteiger partial charge is 0.496 e. The molecule has 3 aromatic heterocycles. The van der Waals surface area contributed by atoms with Crippen molar-refractivity contribution in [1.29, 1.82) is 0 Å². The van der Waals surface area contributed by atoms with Crippen LogP contribution in [0.4, 0.5) is 4.39 Å². The molecule has 2 aromatic carbocycles. The first-order valence-electron chi connectivity index (χ1n) is 11.7. The summed E-state index contributed by atoms with van der Waals surface area (Å²) >= 11 is 0. The first-order chi connectivity index (χ1) is 17.9. The third-order valence-electron chi connectivity index (χ3n) is 6.34. The molecule has 5 rings (SSSR count). The molecular formula is C29H24FN3O4. The second-order valence-corrected chi connectivity index (χ2v) is 8.81. The molecule has 0 amide bonds. The van der Waals surface area contributed by atoms with Crippen molar-refractivity contribution >= 4 is 16.7 Å². The van der Waals surface area contributed by atoms with E-state index in [0.29, 0.717) is 39.4 Å². The molecule has 0 fully saturated rings. The lowest BCUT2D eigenvalue weighted by Crippen LogP contribution is -2.28. The van der Waals surface area contributed by atoms with Crippen LogP contribution in [0.5, 0.6) is 5.75 Å². The molecule has 3 heterocycles. The number of hydrogen-bond donors (Lipinski definition) is 0. The maximum absolute atomic E-state index is 13.7. The van der Waals surface area contributed by atoms with Crippen LogP contribution in [-0.2, 0) is 13.0 Å². The summed E-state index contributed by atoms with van der Waals surface area (Å²) < 4.78 is 26.0. The van der Waals surface area contributed by atoms with Crippen LogP contribution in [0, 0.1) is 19.7 Å². The summed E-state index contributed by atoms with van der Waals surface area (Å²) in [4.78, 5) is 31.4. The van der Waals surface area contributed by atoms with E-state index < -0.39 is 5.56 Å². The van der Waals surface area contributed by atoms with E-state index in [1.54, 1.807) is 43.6 Å². The molecule has 37 heavy (non-hydrogen) atoms. The zero-order valence-corrected chi connectivity index (χ0v) is 20.6. The topological polar surface area (TPSA) is 87.2 Å². The average molecular weight is 498 g/mol. The number of ketones is 1. The standard InChI is InChI=1S/C29H24FN3O4/c1-17-28(18(2)37-32-17)24-14-20-13-23(26(34)12-19-7-9-21(30)10-8-19)29(35)33(25(20)15-27(24)36-3)16-22-6-4-5-11-31-22/h4-11,13-15H,12,16H2,1-3H3. The van der Waals surface area contributed by atoms with Crippen molar-refractivity contribution in [2.24, 2.45) is 0 Å². The summed E-state index contributed by atoms with van der Waals surface area (Å²) in [5.74, 6) is 0.425. The summed E-state index contributed by atoms with van der Waals surface area (Å²) in [6.45, 7) is 3.83. The quantitative estimate of drug-likeness (QED) is 0.284. The lowest BCUT2D eigenvalue weighted by atomic mass is 9.98. The first-order valence-corrected chi connectivity index (χ1v) is 11.7. The average Bonchev–Trinajstić information content (AvgIpc) is 3.24. The van der Waals surface area contributed by atoms with Gasteiger partial charge in [-0.05, 0) is 55.8 Å². The Morgan fingerprint density at radius 3 is 2.51 bits per heavy atom. The lowest BCUT2D eigenvalue weighted by Gasteiger charge is -2.16. The molecule has 0 N–H and O–H groups in total. The van der Waals surface area contributed by atoms with Gasteiger partial charge in [-0.25, -0.2) is 4.39 Å². The third-order valence-corrected chi connectivity index (χ3v) is 6.34.